The summed E-state index contributed by atoms with van der Waals surface area (Å²) in [6, 6.07) is 14.1. The molecule has 0 saturated heterocycles. The van der Waals surface area contributed by atoms with E-state index in [9.17, 15) is 4.79 Å². The van der Waals surface area contributed by atoms with Crippen LogP contribution in [0.15, 0.2) is 54.6 Å². The van der Waals surface area contributed by atoms with Crippen molar-refractivity contribution in [3.8, 4) is 0 Å². The highest BCUT2D eigenvalue weighted by atomic mass is 35.5. The number of methoxy groups -OCH3 is 1. The van der Waals surface area contributed by atoms with Gasteiger partial charge in [0.2, 0.25) is 0 Å². The Bertz CT molecular complexity index is 816. The minimum atomic E-state index is -0.318. The number of rotatable bonds is 2. The van der Waals surface area contributed by atoms with Crippen LogP contribution in [-0.2, 0) is 4.74 Å². The smallest absolute Gasteiger partial charge is 0.338 e. The van der Waals surface area contributed by atoms with Gasteiger partial charge in [-0.3, -0.25) is 0 Å². The second kappa shape index (κ2) is 5.99. The third kappa shape index (κ3) is 2.31. The molecule has 1 aliphatic carbocycles. The van der Waals surface area contributed by atoms with Gasteiger partial charge in [0.1, 0.15) is 0 Å². The van der Waals surface area contributed by atoms with E-state index in [0.29, 0.717) is 16.5 Å². The third-order valence-corrected chi connectivity index (χ3v) is 5.35. The third-order valence-electron chi connectivity index (χ3n) is 5.03. The molecule has 0 unspecified atom stereocenters. The van der Waals surface area contributed by atoms with E-state index in [2.05, 4.69) is 41.7 Å². The second-order valence-corrected chi connectivity index (χ2v) is 6.67. The largest absolute Gasteiger partial charge is 0.465 e. The van der Waals surface area contributed by atoms with Crippen LogP contribution in [0.25, 0.3) is 0 Å². The van der Waals surface area contributed by atoms with Gasteiger partial charge in [0.15, 0.2) is 0 Å². The number of nitrogens with one attached hydrogen (secondary N) is 1. The van der Waals surface area contributed by atoms with Crippen molar-refractivity contribution in [1.29, 1.82) is 0 Å². The summed E-state index contributed by atoms with van der Waals surface area (Å²) in [7, 11) is 1.41. The summed E-state index contributed by atoms with van der Waals surface area (Å²) in [4.78, 5) is 12.2. The zero-order valence-electron chi connectivity index (χ0n) is 13.3. The number of ether oxygens (including phenoxy) is 1. The van der Waals surface area contributed by atoms with Crippen molar-refractivity contribution in [2.75, 3.05) is 12.4 Å². The molecule has 4 rings (SSSR count). The van der Waals surface area contributed by atoms with Gasteiger partial charge in [-0.25, -0.2) is 4.79 Å². The molecule has 0 aromatic heterocycles. The SMILES string of the molecule is COC(=O)c1ccc(Cl)c2c1[C@@H]1C=CC[C@@H]1[C@H](c1ccccc1)N2. The van der Waals surface area contributed by atoms with Crippen LogP contribution < -0.4 is 5.32 Å². The zero-order chi connectivity index (χ0) is 16.7. The number of carbonyl (C=O) groups excluding carboxylic acids is 1. The Kier molecular flexibility index (Phi) is 3.81. The molecule has 3 atom stereocenters. The fraction of sp³-hybridized carbons (Fsp3) is 0.250. The van der Waals surface area contributed by atoms with Crippen molar-refractivity contribution in [2.24, 2.45) is 5.92 Å². The maximum absolute atomic E-state index is 12.2. The summed E-state index contributed by atoms with van der Waals surface area (Å²) < 4.78 is 4.97. The van der Waals surface area contributed by atoms with Gasteiger partial charge in [0, 0.05) is 5.92 Å². The molecule has 4 heteroatoms. The van der Waals surface area contributed by atoms with Gasteiger partial charge < -0.3 is 10.1 Å². The van der Waals surface area contributed by atoms with Crippen LogP contribution in [0.3, 0.4) is 0 Å². The van der Waals surface area contributed by atoms with E-state index in [4.69, 9.17) is 16.3 Å². The first-order chi connectivity index (χ1) is 11.7. The average molecular weight is 340 g/mol. The summed E-state index contributed by atoms with van der Waals surface area (Å²) >= 11 is 6.47. The number of hydrogen-bond acceptors (Lipinski definition) is 3. The molecule has 0 saturated carbocycles. The van der Waals surface area contributed by atoms with Crippen molar-refractivity contribution < 1.29 is 9.53 Å². The minimum absolute atomic E-state index is 0.166. The Hall–Kier alpha value is -2.26. The second-order valence-electron chi connectivity index (χ2n) is 6.26. The Morgan fingerprint density at radius 2 is 2.00 bits per heavy atom. The predicted molar refractivity (Wildman–Crippen MR) is 95.6 cm³/mol. The molecule has 0 amide bonds. The van der Waals surface area contributed by atoms with Crippen LogP contribution in [0.2, 0.25) is 5.02 Å². The maximum Gasteiger partial charge on any atom is 0.338 e. The van der Waals surface area contributed by atoms with Crippen LogP contribution in [0.5, 0.6) is 0 Å². The van der Waals surface area contributed by atoms with Gasteiger partial charge in [0.25, 0.3) is 0 Å². The van der Waals surface area contributed by atoms with E-state index in [0.717, 1.165) is 17.7 Å². The Morgan fingerprint density at radius 1 is 1.21 bits per heavy atom. The van der Waals surface area contributed by atoms with E-state index in [1.165, 1.54) is 12.7 Å². The molecule has 0 radical (unpaired) electrons. The molecule has 0 bridgehead atoms. The number of carbonyl (C=O) groups is 1. The highest BCUT2D eigenvalue weighted by Gasteiger charge is 2.40. The zero-order valence-corrected chi connectivity index (χ0v) is 14.1. The van der Waals surface area contributed by atoms with Crippen LogP contribution >= 0.6 is 11.6 Å². The molecule has 2 aliphatic rings. The van der Waals surface area contributed by atoms with Crippen LogP contribution in [0.1, 0.15) is 39.9 Å². The first-order valence-corrected chi connectivity index (χ1v) is 8.47. The van der Waals surface area contributed by atoms with Crippen molar-refractivity contribution in [1.82, 2.24) is 0 Å². The summed E-state index contributed by atoms with van der Waals surface area (Å²) in [6.07, 6.45) is 5.37. The molecule has 122 valence electrons. The van der Waals surface area contributed by atoms with Gasteiger partial charge in [-0.15, -0.1) is 0 Å². The summed E-state index contributed by atoms with van der Waals surface area (Å²) in [6.45, 7) is 0. The molecule has 0 spiro atoms. The Morgan fingerprint density at radius 3 is 2.75 bits per heavy atom. The number of allylic oxidation sites excluding steroid dienone is 2. The monoisotopic (exact) mass is 339 g/mol. The lowest BCUT2D eigenvalue weighted by molar-refractivity contribution is 0.0598. The van der Waals surface area contributed by atoms with Gasteiger partial charge in [0.05, 0.1) is 29.4 Å². The molecule has 2 aromatic rings. The van der Waals surface area contributed by atoms with Crippen LogP contribution in [0.4, 0.5) is 5.69 Å². The summed E-state index contributed by atoms with van der Waals surface area (Å²) in [5.41, 5.74) is 3.64. The number of fused-ring (bicyclic) bond motifs is 3. The first-order valence-electron chi connectivity index (χ1n) is 8.09. The minimum Gasteiger partial charge on any atom is -0.465 e. The molecule has 1 aliphatic heterocycles. The number of benzene rings is 2. The number of anilines is 1. The lowest BCUT2D eigenvalue weighted by Gasteiger charge is -2.38. The van der Waals surface area contributed by atoms with E-state index < -0.39 is 0 Å². The molecular formula is C20H18ClNO2. The number of hydrogen-bond donors (Lipinski definition) is 1. The Balaban J connectivity index is 1.87. The van der Waals surface area contributed by atoms with Crippen molar-refractivity contribution in [3.63, 3.8) is 0 Å². The molecule has 1 N–H and O–H groups in total. The van der Waals surface area contributed by atoms with Gasteiger partial charge in [-0.1, -0.05) is 54.1 Å². The highest BCUT2D eigenvalue weighted by molar-refractivity contribution is 6.33. The predicted octanol–water partition coefficient (Wildman–Crippen LogP) is 4.95. The first kappa shape index (κ1) is 15.3. The van der Waals surface area contributed by atoms with Gasteiger partial charge in [-0.2, -0.15) is 0 Å². The van der Waals surface area contributed by atoms with E-state index >= 15 is 0 Å². The quantitative estimate of drug-likeness (QED) is 0.621. The number of esters is 1. The highest BCUT2D eigenvalue weighted by Crippen LogP contribution is 2.52. The molecule has 24 heavy (non-hydrogen) atoms. The number of halogens is 1. The van der Waals surface area contributed by atoms with Gasteiger partial charge >= 0.3 is 5.97 Å². The van der Waals surface area contributed by atoms with E-state index in [-0.39, 0.29) is 17.9 Å². The van der Waals surface area contributed by atoms with Crippen LogP contribution in [0, 0.1) is 5.92 Å². The topological polar surface area (TPSA) is 38.3 Å². The van der Waals surface area contributed by atoms with E-state index in [1.807, 2.05) is 6.07 Å². The summed E-state index contributed by atoms with van der Waals surface area (Å²) in [5, 5.41) is 4.23. The van der Waals surface area contributed by atoms with E-state index in [1.54, 1.807) is 12.1 Å². The van der Waals surface area contributed by atoms with Crippen LogP contribution in [-0.4, -0.2) is 13.1 Å². The summed E-state index contributed by atoms with van der Waals surface area (Å²) in [5.74, 6) is 0.211. The average Bonchev–Trinajstić information content (AvgIpc) is 3.11. The lowest BCUT2D eigenvalue weighted by atomic mass is 9.75. The maximum atomic E-state index is 12.2. The normalized spacial score (nSPS) is 24.0. The fourth-order valence-electron chi connectivity index (χ4n) is 3.95. The fourth-order valence-corrected chi connectivity index (χ4v) is 4.17. The van der Waals surface area contributed by atoms with Crippen molar-refractivity contribution >= 4 is 23.3 Å². The standard InChI is InChI=1S/C20H18ClNO2/c1-24-20(23)15-10-11-16(21)19-17(15)13-8-5-9-14(13)18(22-19)12-6-3-2-4-7-12/h2-8,10-11,13-14,18,22H,9H2,1H3/t13-,14+,18+/m1/s1. The lowest BCUT2D eigenvalue weighted by Crippen LogP contribution is -2.30. The van der Waals surface area contributed by atoms with Crippen molar-refractivity contribution in [3.05, 3.63) is 76.3 Å². The Labute approximate surface area is 146 Å². The molecule has 1 heterocycles. The molecule has 2 aromatic carbocycles. The van der Waals surface area contributed by atoms with Gasteiger partial charge in [-0.05, 0) is 35.6 Å². The molecular weight excluding hydrogens is 322 g/mol. The molecule has 3 nitrogen and oxygen atoms in total. The van der Waals surface area contributed by atoms with Crippen molar-refractivity contribution in [2.45, 2.75) is 18.4 Å². The molecule has 0 fully saturated rings.